The third-order valence-corrected chi connectivity index (χ3v) is 10.0. The largest absolute Gasteiger partial charge is 0.430 e. The van der Waals surface area contributed by atoms with Gasteiger partial charge in [0.1, 0.15) is 6.10 Å². The molecule has 0 fully saturated rings. The Morgan fingerprint density at radius 2 is 1.86 bits per heavy atom. The number of rotatable bonds is 8. The molecular formula is C17H34O4Si. The van der Waals surface area contributed by atoms with Gasteiger partial charge in [0, 0.05) is 6.08 Å². The lowest BCUT2D eigenvalue weighted by Crippen LogP contribution is -2.43. The number of ether oxygens (including phenoxy) is 2. The van der Waals surface area contributed by atoms with Crippen LogP contribution in [0.4, 0.5) is 0 Å². The number of carbonyl (C=O) groups is 1. The van der Waals surface area contributed by atoms with Crippen molar-refractivity contribution >= 4 is 14.0 Å². The summed E-state index contributed by atoms with van der Waals surface area (Å²) in [6, 6.07) is 0.970. The van der Waals surface area contributed by atoms with Gasteiger partial charge in [0.25, 0.3) is 0 Å². The molecule has 130 valence electrons. The van der Waals surface area contributed by atoms with Gasteiger partial charge in [0.15, 0.2) is 0 Å². The van der Waals surface area contributed by atoms with E-state index in [-0.39, 0.29) is 11.1 Å². The fourth-order valence-corrected chi connectivity index (χ4v) is 4.02. The molecule has 3 atom stereocenters. The van der Waals surface area contributed by atoms with Gasteiger partial charge >= 0.3 is 5.97 Å². The molecule has 0 bridgehead atoms. The van der Waals surface area contributed by atoms with Crippen molar-refractivity contribution in [1.29, 1.82) is 0 Å². The summed E-state index contributed by atoms with van der Waals surface area (Å²) in [7, 11) is -1.51. The van der Waals surface area contributed by atoms with E-state index in [1.54, 1.807) is 19.9 Å². The van der Waals surface area contributed by atoms with Crippen LogP contribution in [0.15, 0.2) is 12.2 Å². The molecule has 0 aromatic rings. The fraction of sp³-hybridized carbons (Fsp3) is 0.824. The number of carbonyl (C=O) groups excluding carboxylic acids is 1. The molecular weight excluding hydrogens is 296 g/mol. The predicted octanol–water partition coefficient (Wildman–Crippen LogP) is 4.12. The average Bonchev–Trinajstić information content (AvgIpc) is 2.35. The highest BCUT2D eigenvalue weighted by Gasteiger charge is 2.38. The zero-order valence-electron chi connectivity index (χ0n) is 15.5. The second kappa shape index (κ2) is 8.84. The van der Waals surface area contributed by atoms with Gasteiger partial charge in [-0.1, -0.05) is 46.9 Å². The summed E-state index contributed by atoms with van der Waals surface area (Å²) in [5.41, 5.74) is 0. The Morgan fingerprint density at radius 1 is 1.32 bits per heavy atom. The van der Waals surface area contributed by atoms with Gasteiger partial charge in [-0.15, -0.1) is 0 Å². The van der Waals surface area contributed by atoms with Gasteiger partial charge in [0.05, 0.1) is 14.2 Å². The van der Waals surface area contributed by atoms with Crippen molar-refractivity contribution in [1.82, 2.24) is 0 Å². The molecule has 0 saturated heterocycles. The summed E-state index contributed by atoms with van der Waals surface area (Å²) in [5.74, 6) is -0.490. The second-order valence-corrected chi connectivity index (χ2v) is 13.2. The predicted molar refractivity (Wildman–Crippen MR) is 93.5 cm³/mol. The van der Waals surface area contributed by atoms with Gasteiger partial charge in [-0.05, 0) is 31.4 Å². The summed E-state index contributed by atoms with van der Waals surface area (Å²) in [5, 5.41) is 10.1. The van der Waals surface area contributed by atoms with Crippen molar-refractivity contribution in [3.8, 4) is 0 Å². The van der Waals surface area contributed by atoms with E-state index in [1.165, 1.54) is 6.08 Å². The van der Waals surface area contributed by atoms with Crippen LogP contribution in [0.25, 0.3) is 0 Å². The Morgan fingerprint density at radius 3 is 2.23 bits per heavy atom. The molecule has 0 saturated carbocycles. The number of aliphatic hydroxyl groups excluding tert-OH is 1. The summed E-state index contributed by atoms with van der Waals surface area (Å²) in [4.78, 5) is 11.6. The zero-order chi connectivity index (χ0) is 17.6. The second-order valence-electron chi connectivity index (χ2n) is 7.55. The van der Waals surface area contributed by atoms with Crippen LogP contribution >= 0.6 is 0 Å². The quantitative estimate of drug-likeness (QED) is 0.315. The number of hydrogen-bond donors (Lipinski definition) is 1. The van der Waals surface area contributed by atoms with E-state index < -0.39 is 26.4 Å². The Labute approximate surface area is 136 Å². The number of esters is 1. The Kier molecular flexibility index (Phi) is 8.58. The maximum Gasteiger partial charge on any atom is 0.332 e. The molecule has 0 spiro atoms. The van der Waals surface area contributed by atoms with Crippen LogP contribution < -0.4 is 0 Å². The average molecular weight is 331 g/mol. The van der Waals surface area contributed by atoms with Crippen molar-refractivity contribution in [3.63, 3.8) is 0 Å². The van der Waals surface area contributed by atoms with E-state index in [9.17, 15) is 9.90 Å². The van der Waals surface area contributed by atoms with Crippen molar-refractivity contribution in [2.45, 2.75) is 90.6 Å². The standard InChI is InChI=1S/C17H34O4Si/c1-9-11-15(19)21-16(13(3)18)20-14(10-2)12-22(7,8)17(4,5)6/h9,11,13-14,16,18H,10,12H2,1-8H3/b11-9+. The van der Waals surface area contributed by atoms with Gasteiger partial charge in [-0.2, -0.15) is 0 Å². The van der Waals surface area contributed by atoms with Crippen molar-refractivity contribution in [2.75, 3.05) is 0 Å². The summed E-state index contributed by atoms with van der Waals surface area (Å²) in [6.45, 7) is 16.9. The molecule has 0 amide bonds. The van der Waals surface area contributed by atoms with Crippen LogP contribution in [0.3, 0.4) is 0 Å². The molecule has 5 heteroatoms. The first-order chi connectivity index (χ1) is 9.94. The van der Waals surface area contributed by atoms with Gasteiger partial charge in [0.2, 0.25) is 6.29 Å². The van der Waals surface area contributed by atoms with Gasteiger partial charge in [-0.3, -0.25) is 0 Å². The molecule has 4 nitrogen and oxygen atoms in total. The first kappa shape index (κ1) is 21.3. The SMILES string of the molecule is C/C=C/C(=O)OC(OC(CC)C[Si](C)(C)C(C)(C)C)C(C)O. The van der Waals surface area contributed by atoms with Crippen LogP contribution in [0.1, 0.15) is 48.0 Å². The lowest BCUT2D eigenvalue weighted by molar-refractivity contribution is -0.208. The molecule has 0 rings (SSSR count). The van der Waals surface area contributed by atoms with Crippen LogP contribution in [-0.4, -0.2) is 37.6 Å². The third kappa shape index (κ3) is 7.07. The van der Waals surface area contributed by atoms with Gasteiger partial charge < -0.3 is 14.6 Å². The van der Waals surface area contributed by atoms with Gasteiger partial charge in [-0.25, -0.2) is 4.79 Å². The molecule has 0 aliphatic carbocycles. The lowest BCUT2D eigenvalue weighted by atomic mass is 10.2. The van der Waals surface area contributed by atoms with Crippen LogP contribution in [0.2, 0.25) is 24.2 Å². The molecule has 22 heavy (non-hydrogen) atoms. The molecule has 0 aliphatic heterocycles. The molecule has 0 radical (unpaired) electrons. The highest BCUT2D eigenvalue weighted by atomic mass is 28.3. The summed E-state index contributed by atoms with van der Waals surface area (Å²) < 4.78 is 11.1. The molecule has 0 aliphatic rings. The van der Waals surface area contributed by atoms with E-state index in [0.29, 0.717) is 0 Å². The molecule has 0 heterocycles. The molecule has 3 unspecified atom stereocenters. The normalized spacial score (nSPS) is 17.3. The minimum Gasteiger partial charge on any atom is -0.430 e. The number of aliphatic hydroxyl groups is 1. The Hall–Kier alpha value is -0.653. The van der Waals surface area contributed by atoms with E-state index in [4.69, 9.17) is 9.47 Å². The van der Waals surface area contributed by atoms with E-state index in [0.717, 1.165) is 12.5 Å². The zero-order valence-corrected chi connectivity index (χ0v) is 16.5. The number of hydrogen-bond acceptors (Lipinski definition) is 4. The lowest BCUT2D eigenvalue weighted by Gasteiger charge is -2.40. The summed E-state index contributed by atoms with van der Waals surface area (Å²) >= 11 is 0. The van der Waals surface area contributed by atoms with Crippen molar-refractivity contribution in [2.24, 2.45) is 0 Å². The van der Waals surface area contributed by atoms with Crippen LogP contribution in [0, 0.1) is 0 Å². The first-order valence-electron chi connectivity index (χ1n) is 8.11. The highest BCUT2D eigenvalue weighted by Crippen LogP contribution is 2.40. The van der Waals surface area contributed by atoms with E-state index in [1.807, 2.05) is 0 Å². The summed E-state index contributed by atoms with van der Waals surface area (Å²) in [6.07, 6.45) is 1.97. The number of allylic oxidation sites excluding steroid dienone is 1. The van der Waals surface area contributed by atoms with Crippen LogP contribution in [0.5, 0.6) is 0 Å². The molecule has 1 N–H and O–H groups in total. The van der Waals surface area contributed by atoms with Crippen molar-refractivity contribution in [3.05, 3.63) is 12.2 Å². The minimum absolute atomic E-state index is 0.0149. The highest BCUT2D eigenvalue weighted by molar-refractivity contribution is 6.80. The van der Waals surface area contributed by atoms with E-state index in [2.05, 4.69) is 40.8 Å². The maximum atomic E-state index is 11.6. The molecule has 0 aromatic carbocycles. The third-order valence-electron chi connectivity index (χ3n) is 4.48. The van der Waals surface area contributed by atoms with Crippen LogP contribution in [-0.2, 0) is 14.3 Å². The Bertz CT molecular complexity index is 369. The van der Waals surface area contributed by atoms with E-state index >= 15 is 0 Å². The minimum atomic E-state index is -1.51. The molecule has 0 aromatic heterocycles. The fourth-order valence-electron chi connectivity index (χ4n) is 1.88. The monoisotopic (exact) mass is 330 g/mol. The maximum absolute atomic E-state index is 11.6. The Balaban J connectivity index is 4.90. The topological polar surface area (TPSA) is 55.8 Å². The van der Waals surface area contributed by atoms with Crippen molar-refractivity contribution < 1.29 is 19.4 Å². The first-order valence-corrected chi connectivity index (χ1v) is 11.3. The smallest absolute Gasteiger partial charge is 0.332 e.